The van der Waals surface area contributed by atoms with E-state index in [0.717, 1.165) is 6.42 Å². The third-order valence-electron chi connectivity index (χ3n) is 4.01. The van der Waals surface area contributed by atoms with Gasteiger partial charge in [0.2, 0.25) is 0 Å². The molecular formula is C18H30N4O3. The van der Waals surface area contributed by atoms with Crippen molar-refractivity contribution in [1.29, 1.82) is 0 Å². The van der Waals surface area contributed by atoms with Gasteiger partial charge in [0.25, 0.3) is 0 Å². The van der Waals surface area contributed by atoms with Crippen LogP contribution in [0.25, 0.3) is 0 Å². The molecule has 0 amide bonds. The van der Waals surface area contributed by atoms with Gasteiger partial charge in [0, 0.05) is 36.9 Å². The van der Waals surface area contributed by atoms with Crippen molar-refractivity contribution in [2.75, 3.05) is 13.2 Å². The Morgan fingerprint density at radius 3 is 1.96 bits per heavy atom. The fourth-order valence-corrected chi connectivity index (χ4v) is 2.29. The summed E-state index contributed by atoms with van der Waals surface area (Å²) in [5.74, 6) is -0.175. The summed E-state index contributed by atoms with van der Waals surface area (Å²) in [7, 11) is 0. The number of hydrogen-bond donors (Lipinski definition) is 1. The van der Waals surface area contributed by atoms with Crippen molar-refractivity contribution in [3.8, 4) is 0 Å². The van der Waals surface area contributed by atoms with Crippen LogP contribution in [0.5, 0.6) is 0 Å². The molecule has 0 unspecified atom stereocenters. The molecule has 0 aromatic carbocycles. The zero-order chi connectivity index (χ0) is 18.9. The van der Waals surface area contributed by atoms with E-state index in [1.54, 1.807) is 25.0 Å². The predicted octanol–water partition coefficient (Wildman–Crippen LogP) is 2.57. The molecule has 2 rings (SSSR count). The Balaban J connectivity index is 0.000000257. The summed E-state index contributed by atoms with van der Waals surface area (Å²) < 4.78 is 8.81. The Hall–Kier alpha value is -2.15. The highest BCUT2D eigenvalue weighted by atomic mass is 16.5. The number of imidazole rings is 2. The van der Waals surface area contributed by atoms with Gasteiger partial charge in [-0.2, -0.15) is 0 Å². The van der Waals surface area contributed by atoms with Crippen LogP contribution in [0.2, 0.25) is 0 Å². The molecule has 25 heavy (non-hydrogen) atoms. The molecule has 0 atom stereocenters. The number of carbonyl (C=O) groups excluding carboxylic acids is 1. The monoisotopic (exact) mass is 350 g/mol. The summed E-state index contributed by atoms with van der Waals surface area (Å²) in [6.45, 7) is 10.6. The topological polar surface area (TPSA) is 82.2 Å². The number of hydrogen-bond acceptors (Lipinski definition) is 5. The molecule has 0 saturated heterocycles. The van der Waals surface area contributed by atoms with Crippen LogP contribution in [0.4, 0.5) is 0 Å². The summed E-state index contributed by atoms with van der Waals surface area (Å²) in [5, 5.41) is 8.77. The van der Waals surface area contributed by atoms with E-state index in [4.69, 9.17) is 9.84 Å². The van der Waals surface area contributed by atoms with Gasteiger partial charge in [0.05, 0.1) is 31.2 Å². The normalized spacial score (nSPS) is 11.6. The third kappa shape index (κ3) is 6.70. The number of esters is 1. The highest BCUT2D eigenvalue weighted by molar-refractivity contribution is 5.70. The van der Waals surface area contributed by atoms with Crippen LogP contribution in [0.15, 0.2) is 37.4 Å². The second-order valence-electron chi connectivity index (χ2n) is 7.02. The van der Waals surface area contributed by atoms with Crippen LogP contribution in [0.3, 0.4) is 0 Å². The van der Waals surface area contributed by atoms with Crippen molar-refractivity contribution in [3.63, 3.8) is 0 Å². The van der Waals surface area contributed by atoms with E-state index >= 15 is 0 Å². The Morgan fingerprint density at radius 2 is 1.56 bits per heavy atom. The molecule has 0 spiro atoms. The van der Waals surface area contributed by atoms with Gasteiger partial charge in [-0.1, -0.05) is 0 Å². The highest BCUT2D eigenvalue weighted by Crippen LogP contribution is 2.19. The number of aromatic nitrogens is 4. The number of nitrogens with zero attached hydrogens (tertiary/aromatic N) is 4. The van der Waals surface area contributed by atoms with Gasteiger partial charge in [-0.25, -0.2) is 9.97 Å². The van der Waals surface area contributed by atoms with E-state index in [1.807, 2.05) is 42.3 Å². The summed E-state index contributed by atoms with van der Waals surface area (Å²) >= 11 is 0. The number of aliphatic hydroxyl groups is 1. The van der Waals surface area contributed by atoms with Crippen LogP contribution in [0.1, 0.15) is 47.5 Å². The molecule has 0 bridgehead atoms. The minimum Gasteiger partial charge on any atom is -0.466 e. The fraction of sp³-hybridized carbons (Fsp3) is 0.611. The highest BCUT2D eigenvalue weighted by Gasteiger charge is 2.24. The number of carbonyl (C=O) groups is 1. The lowest BCUT2D eigenvalue weighted by molar-refractivity contribution is -0.145. The molecule has 0 aliphatic rings. The maximum absolute atomic E-state index is 11.3. The molecule has 7 heteroatoms. The van der Waals surface area contributed by atoms with E-state index in [-0.39, 0.29) is 23.7 Å². The maximum Gasteiger partial charge on any atom is 0.308 e. The molecule has 2 heterocycles. The Morgan fingerprint density at radius 1 is 1.04 bits per heavy atom. The van der Waals surface area contributed by atoms with Crippen molar-refractivity contribution in [3.05, 3.63) is 37.4 Å². The largest absolute Gasteiger partial charge is 0.466 e. The molecular weight excluding hydrogens is 320 g/mol. The van der Waals surface area contributed by atoms with Crippen molar-refractivity contribution in [2.45, 2.75) is 58.5 Å². The molecule has 0 radical (unpaired) electrons. The van der Waals surface area contributed by atoms with Gasteiger partial charge in [-0.15, -0.1) is 0 Å². The SMILES string of the molecule is CC(C)(CCO)n1ccnc1.CCOC(=O)CC(C)(C)n1ccnc1. The molecule has 2 aromatic heterocycles. The molecule has 2 aromatic rings. The Labute approximate surface area is 149 Å². The third-order valence-corrected chi connectivity index (χ3v) is 4.01. The fourth-order valence-electron chi connectivity index (χ4n) is 2.29. The molecule has 7 nitrogen and oxygen atoms in total. The van der Waals surface area contributed by atoms with Crippen LogP contribution < -0.4 is 0 Å². The first-order valence-electron chi connectivity index (χ1n) is 8.46. The second-order valence-corrected chi connectivity index (χ2v) is 7.02. The van der Waals surface area contributed by atoms with Crippen LogP contribution in [-0.2, 0) is 20.6 Å². The van der Waals surface area contributed by atoms with Crippen LogP contribution in [0, 0.1) is 0 Å². The molecule has 0 fully saturated rings. The first kappa shape index (κ1) is 20.9. The average molecular weight is 350 g/mol. The Kier molecular flexibility index (Phi) is 7.83. The van der Waals surface area contributed by atoms with Gasteiger partial charge in [-0.05, 0) is 41.0 Å². The van der Waals surface area contributed by atoms with E-state index < -0.39 is 0 Å². The van der Waals surface area contributed by atoms with E-state index in [9.17, 15) is 4.79 Å². The number of ether oxygens (including phenoxy) is 1. The van der Waals surface area contributed by atoms with Crippen LogP contribution >= 0.6 is 0 Å². The van der Waals surface area contributed by atoms with E-state index in [1.165, 1.54) is 0 Å². The van der Waals surface area contributed by atoms with Gasteiger partial charge in [0.1, 0.15) is 0 Å². The van der Waals surface area contributed by atoms with E-state index in [0.29, 0.717) is 13.0 Å². The van der Waals surface area contributed by atoms with Gasteiger partial charge < -0.3 is 19.0 Å². The van der Waals surface area contributed by atoms with E-state index in [2.05, 4.69) is 23.8 Å². The summed E-state index contributed by atoms with van der Waals surface area (Å²) in [6.07, 6.45) is 11.8. The molecule has 0 aliphatic heterocycles. The maximum atomic E-state index is 11.3. The number of aliphatic hydroxyl groups excluding tert-OH is 1. The summed E-state index contributed by atoms with van der Waals surface area (Å²) in [6, 6.07) is 0. The Bertz CT molecular complexity index is 604. The van der Waals surface area contributed by atoms with Gasteiger partial charge >= 0.3 is 5.97 Å². The minimum absolute atomic E-state index is 0.0226. The number of rotatable bonds is 7. The molecule has 140 valence electrons. The first-order valence-corrected chi connectivity index (χ1v) is 8.46. The average Bonchev–Trinajstić information content (AvgIpc) is 3.22. The van der Waals surface area contributed by atoms with Crippen molar-refractivity contribution in [2.24, 2.45) is 0 Å². The molecule has 0 saturated carbocycles. The molecule has 1 N–H and O–H groups in total. The summed E-state index contributed by atoms with van der Waals surface area (Å²) in [5.41, 5.74) is -0.298. The summed E-state index contributed by atoms with van der Waals surface area (Å²) in [4.78, 5) is 19.2. The first-order chi connectivity index (χ1) is 11.7. The van der Waals surface area contributed by atoms with Gasteiger partial charge in [-0.3, -0.25) is 4.79 Å². The van der Waals surface area contributed by atoms with Gasteiger partial charge in [0.15, 0.2) is 0 Å². The zero-order valence-corrected chi connectivity index (χ0v) is 15.8. The van der Waals surface area contributed by atoms with Crippen molar-refractivity contribution < 1.29 is 14.6 Å². The minimum atomic E-state index is -0.275. The van der Waals surface area contributed by atoms with Crippen molar-refractivity contribution >= 4 is 5.97 Å². The predicted molar refractivity (Wildman–Crippen MR) is 96.1 cm³/mol. The smallest absolute Gasteiger partial charge is 0.308 e. The lowest BCUT2D eigenvalue weighted by atomic mass is 10.0. The van der Waals surface area contributed by atoms with Crippen molar-refractivity contribution in [1.82, 2.24) is 19.1 Å². The molecule has 0 aliphatic carbocycles. The lowest BCUT2D eigenvalue weighted by Crippen LogP contribution is -2.29. The standard InChI is InChI=1S/C10H16N2O2.C8H14N2O/c1-4-14-9(13)7-10(2,3)12-6-5-11-8-12;1-8(2,3-6-11)10-5-4-9-7-10/h5-6,8H,4,7H2,1-3H3;4-5,7,11H,3,6H2,1-2H3. The lowest BCUT2D eigenvalue weighted by Gasteiger charge is -2.25. The second kappa shape index (κ2) is 9.36. The zero-order valence-electron chi connectivity index (χ0n) is 15.8. The van der Waals surface area contributed by atoms with Crippen LogP contribution in [-0.4, -0.2) is 43.4 Å². The quantitative estimate of drug-likeness (QED) is 0.776.